The highest BCUT2D eigenvalue weighted by Gasteiger charge is 2.13. The summed E-state index contributed by atoms with van der Waals surface area (Å²) in [5.41, 5.74) is 6.47. The van der Waals surface area contributed by atoms with E-state index in [4.69, 9.17) is 0 Å². The predicted octanol–water partition coefficient (Wildman–Crippen LogP) is 8.09. The normalized spacial score (nSPS) is 16.2. The van der Waals surface area contributed by atoms with Gasteiger partial charge >= 0.3 is 0 Å². The molecule has 0 atom stereocenters. The molecule has 196 valence electrons. The zero-order chi connectivity index (χ0) is 27.3. The third-order valence-corrected chi connectivity index (χ3v) is 7.01. The fourth-order valence-electron chi connectivity index (χ4n) is 3.79. The smallest absolute Gasteiger partial charge is 0.121 e. The van der Waals surface area contributed by atoms with Crippen LogP contribution in [0.3, 0.4) is 0 Å². The molecule has 0 amide bonds. The first kappa shape index (κ1) is 31.1. The van der Waals surface area contributed by atoms with Gasteiger partial charge in [0.15, 0.2) is 0 Å². The van der Waals surface area contributed by atoms with Crippen molar-refractivity contribution in [3.8, 4) is 0 Å². The molecule has 1 N–H and O–H groups in total. The summed E-state index contributed by atoms with van der Waals surface area (Å²) in [6.07, 6.45) is 14.2. The number of hydrogen-bond donors (Lipinski definition) is 1. The Kier molecular flexibility index (Phi) is 13.8. The lowest BCUT2D eigenvalue weighted by atomic mass is 9.96. The SMILES string of the molecule is C=CC(=C\N(C)C)/C(C=C)=C(C)/C(NC(=C)SC(=C)/C(C)=C/C=NC(=C)N1CCCCC1)=C(\C)CC. The number of thioether (sulfide) groups is 1. The highest BCUT2D eigenvalue weighted by atomic mass is 32.2. The van der Waals surface area contributed by atoms with Crippen molar-refractivity contribution in [1.29, 1.82) is 0 Å². The Bertz CT molecular complexity index is 996. The molecule has 1 rings (SSSR count). The van der Waals surface area contributed by atoms with Crippen molar-refractivity contribution in [2.45, 2.75) is 53.4 Å². The van der Waals surface area contributed by atoms with Gasteiger partial charge in [-0.2, -0.15) is 0 Å². The number of hydrogen-bond acceptors (Lipinski definition) is 5. The first-order valence-electron chi connectivity index (χ1n) is 12.6. The maximum absolute atomic E-state index is 4.53. The van der Waals surface area contributed by atoms with Crippen molar-refractivity contribution >= 4 is 18.0 Å². The molecule has 0 aromatic heterocycles. The molecule has 0 spiro atoms. The van der Waals surface area contributed by atoms with E-state index in [1.165, 1.54) is 36.6 Å². The van der Waals surface area contributed by atoms with Gasteiger partial charge < -0.3 is 15.1 Å². The highest BCUT2D eigenvalue weighted by Crippen LogP contribution is 2.30. The molecule has 5 heteroatoms. The van der Waals surface area contributed by atoms with Crippen molar-refractivity contribution in [2.75, 3.05) is 27.2 Å². The summed E-state index contributed by atoms with van der Waals surface area (Å²) in [7, 11) is 4.00. The van der Waals surface area contributed by atoms with Gasteiger partial charge in [-0.05, 0) is 80.4 Å². The summed E-state index contributed by atoms with van der Waals surface area (Å²) < 4.78 is 0. The third kappa shape index (κ3) is 9.98. The van der Waals surface area contributed by atoms with Crippen LogP contribution in [-0.4, -0.2) is 43.2 Å². The van der Waals surface area contributed by atoms with Gasteiger partial charge in [-0.3, -0.25) is 0 Å². The van der Waals surface area contributed by atoms with Crippen molar-refractivity contribution in [1.82, 2.24) is 15.1 Å². The largest absolute Gasteiger partial charge is 0.383 e. The molecule has 4 nitrogen and oxygen atoms in total. The summed E-state index contributed by atoms with van der Waals surface area (Å²) in [6.45, 7) is 31.2. The van der Waals surface area contributed by atoms with E-state index in [1.807, 2.05) is 56.6 Å². The quantitative estimate of drug-likeness (QED) is 0.190. The van der Waals surface area contributed by atoms with Gasteiger partial charge in [0.2, 0.25) is 0 Å². The summed E-state index contributed by atoms with van der Waals surface area (Å²) in [6, 6.07) is 0. The molecule has 36 heavy (non-hydrogen) atoms. The Hall–Kier alpha value is -2.92. The van der Waals surface area contributed by atoms with Gasteiger partial charge in [0.05, 0.1) is 5.03 Å². The fraction of sp³-hybridized carbons (Fsp3) is 0.387. The van der Waals surface area contributed by atoms with Crippen LogP contribution in [0.4, 0.5) is 0 Å². The minimum absolute atomic E-state index is 0.810. The van der Waals surface area contributed by atoms with Crippen molar-refractivity contribution in [2.24, 2.45) is 4.99 Å². The number of allylic oxidation sites excluding steroid dienone is 8. The van der Waals surface area contributed by atoms with E-state index in [1.54, 1.807) is 0 Å². The van der Waals surface area contributed by atoms with Crippen LogP contribution in [0.25, 0.3) is 0 Å². The Morgan fingerprint density at radius 3 is 2.19 bits per heavy atom. The molecule has 0 aromatic carbocycles. The summed E-state index contributed by atoms with van der Waals surface area (Å²) in [5.74, 6) is 0.829. The molecule has 1 heterocycles. The van der Waals surface area contributed by atoms with E-state index in [2.05, 4.69) is 68.9 Å². The van der Waals surface area contributed by atoms with E-state index in [-0.39, 0.29) is 0 Å². The zero-order valence-corrected chi connectivity index (χ0v) is 24.2. The van der Waals surface area contributed by atoms with Crippen LogP contribution in [0.5, 0.6) is 0 Å². The monoisotopic (exact) mass is 506 g/mol. The molecule has 1 saturated heterocycles. The van der Waals surface area contributed by atoms with E-state index < -0.39 is 0 Å². The Labute approximate surface area is 225 Å². The number of piperidine rings is 1. The average Bonchev–Trinajstić information content (AvgIpc) is 2.86. The van der Waals surface area contributed by atoms with Crippen molar-refractivity contribution < 1.29 is 0 Å². The second-order valence-corrected chi connectivity index (χ2v) is 10.4. The lowest BCUT2D eigenvalue weighted by molar-refractivity contribution is 0.284. The Balaban J connectivity index is 3.00. The maximum atomic E-state index is 4.53. The van der Waals surface area contributed by atoms with E-state index in [0.717, 1.165) is 63.3 Å². The molecule has 1 fully saturated rings. The maximum Gasteiger partial charge on any atom is 0.121 e. The van der Waals surface area contributed by atoms with Crippen LogP contribution in [-0.2, 0) is 0 Å². The Morgan fingerprint density at radius 1 is 1.03 bits per heavy atom. The second kappa shape index (κ2) is 15.9. The van der Waals surface area contributed by atoms with Gasteiger partial charge in [-0.25, -0.2) is 4.99 Å². The van der Waals surface area contributed by atoms with Gasteiger partial charge in [0.1, 0.15) is 5.82 Å². The van der Waals surface area contributed by atoms with Crippen molar-refractivity contribution in [3.05, 3.63) is 107 Å². The first-order chi connectivity index (χ1) is 17.0. The minimum Gasteiger partial charge on any atom is -0.383 e. The number of likely N-dealkylation sites (tertiary alicyclic amines) is 1. The summed E-state index contributed by atoms with van der Waals surface area (Å²) >= 11 is 1.52. The molecule has 0 radical (unpaired) electrons. The van der Waals surface area contributed by atoms with Crippen LogP contribution >= 0.6 is 11.8 Å². The topological polar surface area (TPSA) is 30.9 Å². The molecule has 0 unspecified atom stereocenters. The molecule has 0 aromatic rings. The van der Waals surface area contributed by atoms with E-state index in [9.17, 15) is 0 Å². The van der Waals surface area contributed by atoms with Crippen LogP contribution in [0, 0.1) is 0 Å². The zero-order valence-electron chi connectivity index (χ0n) is 23.4. The number of aliphatic imine (C=N–C) groups is 1. The molecule has 0 bridgehead atoms. The molecule has 1 aliphatic heterocycles. The first-order valence-corrected chi connectivity index (χ1v) is 13.4. The molecular weight excluding hydrogens is 460 g/mol. The Morgan fingerprint density at radius 2 is 1.67 bits per heavy atom. The van der Waals surface area contributed by atoms with Gasteiger partial charge in [0, 0.05) is 50.2 Å². The van der Waals surface area contributed by atoms with Crippen LogP contribution in [0.15, 0.2) is 112 Å². The predicted molar refractivity (Wildman–Crippen MR) is 164 cm³/mol. The van der Waals surface area contributed by atoms with Crippen molar-refractivity contribution in [3.63, 3.8) is 0 Å². The second-order valence-electron chi connectivity index (χ2n) is 9.17. The lowest BCUT2D eigenvalue weighted by Gasteiger charge is -2.27. The molecule has 0 aliphatic carbocycles. The molecule has 1 aliphatic rings. The molecular formula is C31H46N4S. The fourth-order valence-corrected chi connectivity index (χ4v) is 4.47. The highest BCUT2D eigenvalue weighted by molar-refractivity contribution is 8.06. The third-order valence-electron chi connectivity index (χ3n) is 6.09. The van der Waals surface area contributed by atoms with Gasteiger partial charge in [0.25, 0.3) is 0 Å². The summed E-state index contributed by atoms with van der Waals surface area (Å²) in [5, 5.41) is 4.35. The summed E-state index contributed by atoms with van der Waals surface area (Å²) in [4.78, 5) is 9.71. The van der Waals surface area contributed by atoms with Crippen LogP contribution < -0.4 is 5.32 Å². The molecule has 0 saturated carbocycles. The lowest BCUT2D eigenvalue weighted by Crippen LogP contribution is -2.27. The number of nitrogens with zero attached hydrogens (tertiary/aromatic N) is 3. The van der Waals surface area contributed by atoms with E-state index >= 15 is 0 Å². The van der Waals surface area contributed by atoms with Crippen LogP contribution in [0.1, 0.15) is 53.4 Å². The van der Waals surface area contributed by atoms with E-state index in [0.29, 0.717) is 0 Å². The average molecular weight is 507 g/mol. The number of nitrogens with one attached hydrogen (secondary N) is 1. The number of rotatable bonds is 14. The van der Waals surface area contributed by atoms with Gasteiger partial charge in [-0.1, -0.05) is 63.7 Å². The standard InChI is InChI=1S/C31H46N4S/c1-12-23(4)31(25(6)30(14-3)29(13-2)22-34(10)11)33-28(9)36-26(7)24(5)18-19-32-27(8)35-20-16-15-17-21-35/h13-14,18-19,22,33H,2-3,7-9,12,15-17,20-21H2,1,4-6,10-11H3/b24-18+,29-22+,30-25+,31-23-,32-19?. The van der Waals surface area contributed by atoms with Gasteiger partial charge in [-0.15, -0.1) is 0 Å². The minimum atomic E-state index is 0.810. The van der Waals surface area contributed by atoms with Crippen LogP contribution in [0.2, 0.25) is 0 Å².